The van der Waals surface area contributed by atoms with Crippen LogP contribution in [0, 0.1) is 0 Å². The lowest BCUT2D eigenvalue weighted by molar-refractivity contribution is -0.849. The minimum absolute atomic E-state index is 0.307. The fraction of sp³-hybridized carbons (Fsp3) is 0.471. The van der Waals surface area contributed by atoms with Gasteiger partial charge in [0.25, 0.3) is 0 Å². The molecule has 3 aromatic carbocycles. The Morgan fingerprint density at radius 3 is 1.36 bits per heavy atom. The van der Waals surface area contributed by atoms with Crippen molar-refractivity contribution in [3.63, 3.8) is 0 Å². The molecule has 0 saturated heterocycles. The lowest BCUT2D eigenvalue weighted by atomic mass is 9.36. The van der Waals surface area contributed by atoms with E-state index in [0.29, 0.717) is 6.71 Å². The van der Waals surface area contributed by atoms with E-state index in [2.05, 4.69) is 120 Å². The number of rotatable bonds is 14. The Morgan fingerprint density at radius 2 is 0.889 bits per heavy atom. The van der Waals surface area contributed by atoms with Crippen molar-refractivity contribution in [2.24, 2.45) is 0 Å². The highest BCUT2D eigenvalue weighted by Gasteiger charge is 2.23. The summed E-state index contributed by atoms with van der Waals surface area (Å²) in [6.45, 7) is 2.60. The van der Waals surface area contributed by atoms with E-state index in [1.165, 1.54) is 92.6 Å². The van der Waals surface area contributed by atoms with Crippen LogP contribution < -0.4 is 16.4 Å². The predicted molar refractivity (Wildman–Crippen MR) is 163 cm³/mol. The topological polar surface area (TPSA) is 0 Å². The van der Waals surface area contributed by atoms with Crippen molar-refractivity contribution in [2.45, 2.75) is 77.6 Å². The third-order valence-corrected chi connectivity index (χ3v) is 6.43. The molecular formula is C34H51BN+. The summed E-state index contributed by atoms with van der Waals surface area (Å²) in [6, 6.07) is 31.1. The first kappa shape index (κ1) is 29.9. The number of nitrogens with zero attached hydrogens (tertiary/aromatic N) is 1. The first-order chi connectivity index (χ1) is 17.4. The lowest BCUT2D eigenvalue weighted by Crippen LogP contribution is -2.53. The van der Waals surface area contributed by atoms with Gasteiger partial charge in [-0.1, -0.05) is 172 Å². The molecule has 0 aromatic heterocycles. The maximum absolute atomic E-state index is 2.35. The Bertz CT molecular complexity index is 885. The molecule has 0 saturated carbocycles. The van der Waals surface area contributed by atoms with Crippen molar-refractivity contribution in [2.75, 3.05) is 28.2 Å². The van der Waals surface area contributed by atoms with Gasteiger partial charge in [-0.15, -0.1) is 0 Å². The first-order valence-corrected chi connectivity index (χ1v) is 14.4. The second-order valence-electron chi connectivity index (χ2n) is 11.6. The van der Waals surface area contributed by atoms with E-state index in [9.17, 15) is 0 Å². The molecule has 0 amide bonds. The summed E-state index contributed by atoms with van der Waals surface area (Å²) in [4.78, 5) is 0. The van der Waals surface area contributed by atoms with Crippen LogP contribution in [-0.4, -0.2) is 39.4 Å². The summed E-state index contributed by atoms with van der Waals surface area (Å²) in [7, 11) is 8.50. The van der Waals surface area contributed by atoms with Crippen molar-refractivity contribution < 1.29 is 4.48 Å². The summed E-state index contributed by atoms with van der Waals surface area (Å²) >= 11 is 0. The zero-order valence-electron chi connectivity index (χ0n) is 23.9. The normalized spacial score (nSPS) is 11.0. The SMILES string of the molecule is CCCCCCCCCCCCc1ccccc1B(c1ccccc1)c1ccccc1.C[N+](C)(C)C. The fourth-order valence-corrected chi connectivity index (χ4v) is 4.69. The lowest BCUT2D eigenvalue weighted by Gasteiger charge is -2.19. The van der Waals surface area contributed by atoms with Crippen molar-refractivity contribution in [3.8, 4) is 0 Å². The Kier molecular flexibility index (Phi) is 14.3. The molecule has 0 radical (unpaired) electrons. The van der Waals surface area contributed by atoms with Gasteiger partial charge in [-0.25, -0.2) is 0 Å². The number of quaternary nitrogens is 1. The molecule has 0 aliphatic heterocycles. The van der Waals surface area contributed by atoms with Crippen LogP contribution in [0.1, 0.15) is 76.7 Å². The van der Waals surface area contributed by atoms with Crippen molar-refractivity contribution in [3.05, 3.63) is 90.5 Å². The summed E-state index contributed by atoms with van der Waals surface area (Å²) in [5, 5.41) is 0. The maximum Gasteiger partial charge on any atom is 0.241 e. The van der Waals surface area contributed by atoms with Crippen LogP contribution >= 0.6 is 0 Å². The van der Waals surface area contributed by atoms with Crippen molar-refractivity contribution in [1.29, 1.82) is 0 Å². The molecule has 3 rings (SSSR count). The zero-order valence-corrected chi connectivity index (χ0v) is 23.9. The van der Waals surface area contributed by atoms with Gasteiger partial charge in [0.1, 0.15) is 0 Å². The van der Waals surface area contributed by atoms with Gasteiger partial charge in [-0.05, 0) is 12.8 Å². The Hall–Kier alpha value is -2.32. The second kappa shape index (κ2) is 17.2. The van der Waals surface area contributed by atoms with Gasteiger partial charge in [0.05, 0.1) is 28.2 Å². The van der Waals surface area contributed by atoms with Gasteiger partial charge in [-0.2, -0.15) is 0 Å². The summed E-state index contributed by atoms with van der Waals surface area (Å²) < 4.78 is 1.00. The molecule has 194 valence electrons. The molecule has 3 aromatic rings. The third-order valence-electron chi connectivity index (χ3n) is 6.43. The summed E-state index contributed by atoms with van der Waals surface area (Å²) in [6.07, 6.45) is 15.1. The molecule has 0 atom stereocenters. The molecule has 0 N–H and O–H groups in total. The Labute approximate surface area is 223 Å². The molecule has 0 bridgehead atoms. The van der Waals surface area contributed by atoms with E-state index in [1.807, 2.05) is 0 Å². The quantitative estimate of drug-likeness (QED) is 0.131. The van der Waals surface area contributed by atoms with E-state index < -0.39 is 0 Å². The molecule has 0 aliphatic carbocycles. The van der Waals surface area contributed by atoms with E-state index >= 15 is 0 Å². The molecule has 0 heterocycles. The summed E-state index contributed by atoms with van der Waals surface area (Å²) in [5.41, 5.74) is 5.74. The highest BCUT2D eigenvalue weighted by Crippen LogP contribution is 2.12. The third kappa shape index (κ3) is 12.6. The number of benzene rings is 3. The molecule has 0 unspecified atom stereocenters. The highest BCUT2D eigenvalue weighted by atomic mass is 15.2. The van der Waals surface area contributed by atoms with E-state index in [-0.39, 0.29) is 0 Å². The van der Waals surface area contributed by atoms with Crippen molar-refractivity contribution in [1.82, 2.24) is 0 Å². The van der Waals surface area contributed by atoms with Crippen LogP contribution in [-0.2, 0) is 6.42 Å². The predicted octanol–water partition coefficient (Wildman–Crippen LogP) is 6.99. The second-order valence-corrected chi connectivity index (χ2v) is 11.6. The molecule has 0 fully saturated rings. The smallest absolute Gasteiger partial charge is 0.241 e. The first-order valence-electron chi connectivity index (χ1n) is 14.4. The van der Waals surface area contributed by atoms with Gasteiger partial charge in [0, 0.05) is 0 Å². The van der Waals surface area contributed by atoms with Gasteiger partial charge in [0.2, 0.25) is 6.71 Å². The average molecular weight is 485 g/mol. The maximum atomic E-state index is 2.35. The number of hydrogen-bond donors (Lipinski definition) is 0. The van der Waals surface area contributed by atoms with E-state index in [4.69, 9.17) is 0 Å². The van der Waals surface area contributed by atoms with Crippen LogP contribution in [0.15, 0.2) is 84.9 Å². The molecule has 0 aliphatic rings. The number of aryl methyl sites for hydroxylation is 1. The molecule has 0 spiro atoms. The van der Waals surface area contributed by atoms with Gasteiger partial charge < -0.3 is 4.48 Å². The largest absolute Gasteiger partial charge is 0.333 e. The minimum atomic E-state index is 0.307. The molecule has 2 heteroatoms. The van der Waals surface area contributed by atoms with Crippen LogP contribution in [0.25, 0.3) is 0 Å². The van der Waals surface area contributed by atoms with Crippen LogP contribution in [0.4, 0.5) is 0 Å². The van der Waals surface area contributed by atoms with Gasteiger partial charge in [0.15, 0.2) is 0 Å². The highest BCUT2D eigenvalue weighted by molar-refractivity contribution is 6.95. The standard InChI is InChI=1S/C30H39B.C4H12N/c1-2-3-4-5-6-7-8-9-10-13-20-27-21-18-19-26-30(27)31(28-22-14-11-15-23-28)29-24-16-12-17-25-29;1-5(2,3)4/h11-12,14-19,21-26H,2-10,13,20H2,1H3;1-4H3/q;+1. The summed E-state index contributed by atoms with van der Waals surface area (Å²) in [5.74, 6) is 0. The van der Waals surface area contributed by atoms with Crippen LogP contribution in [0.5, 0.6) is 0 Å². The molecule has 36 heavy (non-hydrogen) atoms. The zero-order chi connectivity index (χ0) is 26.1. The van der Waals surface area contributed by atoms with Crippen molar-refractivity contribution >= 4 is 23.1 Å². The van der Waals surface area contributed by atoms with Crippen LogP contribution in [0.2, 0.25) is 0 Å². The van der Waals surface area contributed by atoms with E-state index in [1.54, 1.807) is 0 Å². The molecule has 1 nitrogen and oxygen atoms in total. The number of hydrogen-bond acceptors (Lipinski definition) is 0. The molecular weight excluding hydrogens is 433 g/mol. The Morgan fingerprint density at radius 1 is 0.500 bits per heavy atom. The van der Waals surface area contributed by atoms with Gasteiger partial charge >= 0.3 is 0 Å². The minimum Gasteiger partial charge on any atom is -0.333 e. The Balaban J connectivity index is 0.000000830. The van der Waals surface area contributed by atoms with Gasteiger partial charge in [-0.3, -0.25) is 0 Å². The average Bonchev–Trinajstić information content (AvgIpc) is 2.86. The monoisotopic (exact) mass is 484 g/mol. The van der Waals surface area contributed by atoms with E-state index in [0.717, 1.165) is 4.48 Å². The van der Waals surface area contributed by atoms with Crippen LogP contribution in [0.3, 0.4) is 0 Å². The number of unbranched alkanes of at least 4 members (excludes halogenated alkanes) is 9. The fourth-order valence-electron chi connectivity index (χ4n) is 4.69.